The maximum Gasteiger partial charge on any atom is 0.249 e. The highest BCUT2D eigenvalue weighted by Gasteiger charge is 2.30. The number of piperidine rings is 2. The monoisotopic (exact) mass is 867 g/mol. The van der Waals surface area contributed by atoms with Crippen LogP contribution >= 0.6 is 0 Å². The molecule has 5 aromatic rings. The van der Waals surface area contributed by atoms with E-state index in [-0.39, 0.29) is 23.3 Å². The number of sulfonamides is 1. The lowest BCUT2D eigenvalue weighted by Crippen LogP contribution is -2.52. The first-order chi connectivity index (χ1) is 29.8. The number of pyridine rings is 2. The van der Waals surface area contributed by atoms with Gasteiger partial charge in [0.1, 0.15) is 23.3 Å². The van der Waals surface area contributed by atoms with Crippen molar-refractivity contribution in [3.05, 3.63) is 102 Å². The van der Waals surface area contributed by atoms with E-state index >= 15 is 8.78 Å². The minimum atomic E-state index is -3.98. The number of aromatic nitrogens is 3. The van der Waals surface area contributed by atoms with Crippen molar-refractivity contribution in [2.24, 2.45) is 0 Å². The number of nitrogens with zero attached hydrogens (tertiary/aromatic N) is 5. The second kappa shape index (κ2) is 17.6. The molecule has 3 aliphatic rings. The lowest BCUT2D eigenvalue weighted by molar-refractivity contribution is -0.134. The number of likely N-dealkylation sites (tertiary alicyclic amines) is 1. The van der Waals surface area contributed by atoms with Crippen molar-refractivity contribution in [3.63, 3.8) is 0 Å². The lowest BCUT2D eigenvalue weighted by Gasteiger charge is -2.38. The summed E-state index contributed by atoms with van der Waals surface area (Å²) in [7, 11) is -3.98. The Bertz CT molecular complexity index is 2640. The minimum Gasteiger partial charge on any atom is -0.374 e. The smallest absolute Gasteiger partial charge is 0.249 e. The van der Waals surface area contributed by atoms with Crippen LogP contribution in [0.5, 0.6) is 0 Å². The summed E-state index contributed by atoms with van der Waals surface area (Å²) >= 11 is 0. The summed E-state index contributed by atoms with van der Waals surface area (Å²) in [4.78, 5) is 69.1. The zero-order chi connectivity index (χ0) is 43.7. The molecule has 15 nitrogen and oxygen atoms in total. The van der Waals surface area contributed by atoms with Gasteiger partial charge in [-0.2, -0.15) is 0 Å². The van der Waals surface area contributed by atoms with Gasteiger partial charge in [0.2, 0.25) is 33.5 Å². The Morgan fingerprint density at radius 1 is 0.935 bits per heavy atom. The average molecular weight is 868 g/mol. The molecule has 2 aromatic carbocycles. The van der Waals surface area contributed by atoms with E-state index in [0.717, 1.165) is 43.8 Å². The quantitative estimate of drug-likeness (QED) is 0.0973. The van der Waals surface area contributed by atoms with Gasteiger partial charge in [0.15, 0.2) is 5.82 Å². The number of aromatic amines is 1. The summed E-state index contributed by atoms with van der Waals surface area (Å²) in [6.07, 6.45) is 7.25. The molecule has 6 heterocycles. The van der Waals surface area contributed by atoms with Crippen molar-refractivity contribution in [1.82, 2.24) is 30.1 Å². The molecule has 0 saturated carbocycles. The number of rotatable bonds is 12. The third-order valence-corrected chi connectivity index (χ3v) is 13.7. The number of carbonyl (C=O) groups excluding carboxylic acids is 4. The highest BCUT2D eigenvalue weighted by molar-refractivity contribution is 7.93. The van der Waals surface area contributed by atoms with Gasteiger partial charge in [-0.15, -0.1) is 0 Å². The molecule has 3 fully saturated rings. The van der Waals surface area contributed by atoms with Gasteiger partial charge < -0.3 is 20.1 Å². The molecule has 62 heavy (non-hydrogen) atoms. The molecule has 8 rings (SSSR count). The number of nitrogens with one attached hydrogen (secondary N) is 4. The van der Waals surface area contributed by atoms with Crippen LogP contribution in [-0.4, -0.2) is 114 Å². The molecule has 1 unspecified atom stereocenters. The summed E-state index contributed by atoms with van der Waals surface area (Å²) < 4.78 is 57.7. The molecule has 324 valence electrons. The van der Waals surface area contributed by atoms with Crippen molar-refractivity contribution < 1.29 is 36.4 Å². The average Bonchev–Trinajstić information content (AvgIpc) is 3.70. The fourth-order valence-electron chi connectivity index (χ4n) is 8.23. The second-order valence-corrected chi connectivity index (χ2v) is 18.4. The Balaban J connectivity index is 0.880. The van der Waals surface area contributed by atoms with Gasteiger partial charge in [-0.25, -0.2) is 27.2 Å². The Kier molecular flexibility index (Phi) is 12.0. The number of piperazine rings is 1. The van der Waals surface area contributed by atoms with Crippen LogP contribution in [0.2, 0.25) is 0 Å². The number of hydrogen-bond acceptors (Lipinski definition) is 11. The van der Waals surface area contributed by atoms with Crippen molar-refractivity contribution in [3.8, 4) is 11.1 Å². The highest BCUT2D eigenvalue weighted by Crippen LogP contribution is 2.34. The molecular formula is C44H47F2N9O6S. The molecule has 3 saturated heterocycles. The summed E-state index contributed by atoms with van der Waals surface area (Å²) in [5, 5.41) is 5.01. The summed E-state index contributed by atoms with van der Waals surface area (Å²) in [6, 6.07) is 14.8. The molecular weight excluding hydrogens is 821 g/mol. The minimum absolute atomic E-state index is 0.0481. The van der Waals surface area contributed by atoms with Gasteiger partial charge in [-0.05, 0) is 100 Å². The zero-order valence-electron chi connectivity index (χ0n) is 34.3. The van der Waals surface area contributed by atoms with E-state index in [0.29, 0.717) is 79.5 Å². The van der Waals surface area contributed by atoms with Gasteiger partial charge in [0, 0.05) is 79.0 Å². The Hall–Kier alpha value is -6.27. The number of benzene rings is 2. The topological polar surface area (TPSA) is 190 Å². The molecule has 1 atom stereocenters. The van der Waals surface area contributed by atoms with Crippen molar-refractivity contribution >= 4 is 61.8 Å². The number of hydrogen-bond donors (Lipinski definition) is 4. The Morgan fingerprint density at radius 3 is 2.39 bits per heavy atom. The fraction of sp³-hybridized carbons (Fsp3) is 0.364. The number of ketones is 1. The van der Waals surface area contributed by atoms with Crippen LogP contribution in [0, 0.1) is 11.6 Å². The number of H-pyrrole nitrogens is 1. The van der Waals surface area contributed by atoms with Gasteiger partial charge in [0.25, 0.3) is 0 Å². The Labute approximate surface area is 357 Å². The number of anilines is 3. The first-order valence-corrected chi connectivity index (χ1v) is 22.2. The van der Waals surface area contributed by atoms with Gasteiger partial charge in [-0.3, -0.25) is 34.1 Å². The highest BCUT2D eigenvalue weighted by atomic mass is 32.2. The van der Waals surface area contributed by atoms with Gasteiger partial charge in [0.05, 0.1) is 23.0 Å². The SMILES string of the molecule is CC(C)S(=O)(=O)Nc1ccc(F)c(C(=O)c2c[nH]c3ncc(-c4cccnc4N4CCN(C(=O)CN5CCC(c6ccc(NC7CCC(=O)NC7=O)cc6)CC5)CC4)cc23)c1F. The predicted octanol–water partition coefficient (Wildman–Crippen LogP) is 5.03. The molecule has 3 aliphatic heterocycles. The van der Waals surface area contributed by atoms with Crippen LogP contribution in [0.1, 0.15) is 66.9 Å². The predicted molar refractivity (Wildman–Crippen MR) is 230 cm³/mol. The van der Waals surface area contributed by atoms with E-state index in [4.69, 9.17) is 0 Å². The standard InChI is InChI=1S/C44H47F2N9O6S/c1-26(2)62(60,61)52-35-10-9-34(45)39(40(35)46)41(58)33-24-49-42-32(33)22-29(23-48-42)31-4-3-15-47-43(31)55-20-18-54(19-21-55)38(57)25-53-16-13-28(14-17-53)27-5-7-30(8-6-27)50-36-11-12-37(56)51-44(36)59/h3-10,15,22-24,26,28,36,50,52H,11-14,16-21,25H2,1-2H3,(H,48,49)(H,51,56,59). The van der Waals surface area contributed by atoms with Crippen LogP contribution in [0.4, 0.5) is 26.0 Å². The fourth-order valence-corrected chi connectivity index (χ4v) is 8.93. The van der Waals surface area contributed by atoms with E-state index in [9.17, 15) is 27.6 Å². The van der Waals surface area contributed by atoms with Crippen molar-refractivity contribution in [2.75, 3.05) is 60.8 Å². The molecule has 0 spiro atoms. The van der Waals surface area contributed by atoms with Crippen molar-refractivity contribution in [2.45, 2.75) is 56.7 Å². The maximum atomic E-state index is 15.6. The number of fused-ring (bicyclic) bond motifs is 1. The van der Waals surface area contributed by atoms with Gasteiger partial charge in [-0.1, -0.05) is 12.1 Å². The third kappa shape index (κ3) is 8.88. The van der Waals surface area contributed by atoms with E-state index in [1.165, 1.54) is 25.6 Å². The number of carbonyl (C=O) groups is 4. The number of amides is 3. The Morgan fingerprint density at radius 2 is 1.68 bits per heavy atom. The molecule has 0 aliphatic carbocycles. The number of imide groups is 1. The zero-order valence-corrected chi connectivity index (χ0v) is 35.1. The first kappa shape index (κ1) is 42.4. The molecule has 4 N–H and O–H groups in total. The van der Waals surface area contributed by atoms with Crippen LogP contribution in [0.15, 0.2) is 73.2 Å². The van der Waals surface area contributed by atoms with Crippen LogP contribution in [-0.2, 0) is 24.4 Å². The van der Waals surface area contributed by atoms with E-state index < -0.39 is 50.0 Å². The lowest BCUT2D eigenvalue weighted by atomic mass is 9.89. The van der Waals surface area contributed by atoms with Crippen LogP contribution in [0.25, 0.3) is 22.2 Å². The largest absolute Gasteiger partial charge is 0.374 e. The summed E-state index contributed by atoms with van der Waals surface area (Å²) in [6.45, 7) is 6.82. The first-order valence-electron chi connectivity index (χ1n) is 20.7. The normalized spacial score (nSPS) is 18.0. The van der Waals surface area contributed by atoms with E-state index in [1.54, 1.807) is 24.5 Å². The summed E-state index contributed by atoms with van der Waals surface area (Å²) in [5.74, 6) is -2.89. The third-order valence-electron chi connectivity index (χ3n) is 11.9. The van der Waals surface area contributed by atoms with Gasteiger partial charge >= 0.3 is 0 Å². The van der Waals surface area contributed by atoms with Crippen LogP contribution in [0.3, 0.4) is 0 Å². The van der Waals surface area contributed by atoms with Crippen molar-refractivity contribution in [1.29, 1.82) is 0 Å². The van der Waals surface area contributed by atoms with E-state index in [2.05, 4.69) is 52.2 Å². The molecule has 18 heteroatoms. The maximum absolute atomic E-state index is 15.6. The summed E-state index contributed by atoms with van der Waals surface area (Å²) in [5.41, 5.74) is 2.20. The molecule has 3 amide bonds. The van der Waals surface area contributed by atoms with E-state index in [1.807, 2.05) is 23.1 Å². The van der Waals surface area contributed by atoms with Crippen LogP contribution < -0.4 is 20.3 Å². The number of halogens is 2. The molecule has 3 aromatic heterocycles. The second-order valence-electron chi connectivity index (χ2n) is 16.2. The molecule has 0 radical (unpaired) electrons. The molecule has 0 bridgehead atoms.